The van der Waals surface area contributed by atoms with Crippen molar-refractivity contribution in [1.82, 2.24) is 30.5 Å². The lowest BCUT2D eigenvalue weighted by atomic mass is 10.0. The van der Waals surface area contributed by atoms with E-state index in [2.05, 4.69) is 59.6 Å². The average molecular weight is 400 g/mol. The Morgan fingerprint density at radius 2 is 1.93 bits per heavy atom. The lowest BCUT2D eigenvalue weighted by Crippen LogP contribution is -2.29. The van der Waals surface area contributed by atoms with Gasteiger partial charge in [-0.05, 0) is 56.0 Å². The topological polar surface area (TPSA) is 85.5 Å². The van der Waals surface area contributed by atoms with Gasteiger partial charge in [0.05, 0.1) is 23.1 Å². The molecule has 2 aliphatic heterocycles. The first-order valence-corrected chi connectivity index (χ1v) is 10.8. The molecule has 0 spiro atoms. The molecule has 0 aliphatic carbocycles. The smallest absolute Gasteiger partial charge is 0.139 e. The number of aromatic amines is 2. The summed E-state index contributed by atoms with van der Waals surface area (Å²) in [6.07, 6.45) is 10.9. The number of H-pyrrole nitrogens is 2. The van der Waals surface area contributed by atoms with Gasteiger partial charge in [-0.2, -0.15) is 5.10 Å². The Hall–Kier alpha value is -3.19. The Bertz CT molecular complexity index is 1240. The Labute approximate surface area is 174 Å². The third kappa shape index (κ3) is 2.97. The van der Waals surface area contributed by atoms with Gasteiger partial charge in [0, 0.05) is 42.3 Å². The molecule has 7 nitrogen and oxygen atoms in total. The summed E-state index contributed by atoms with van der Waals surface area (Å²) in [6.45, 7) is 4.13. The molecule has 0 bridgehead atoms. The van der Waals surface area contributed by atoms with Gasteiger partial charge in [0.1, 0.15) is 11.3 Å². The highest BCUT2D eigenvalue weighted by atomic mass is 15.1. The fraction of sp³-hybridized carbons (Fsp3) is 0.348. The molecule has 0 radical (unpaired) electrons. The van der Waals surface area contributed by atoms with Crippen LogP contribution in [0.1, 0.15) is 31.4 Å². The zero-order valence-electron chi connectivity index (χ0n) is 16.9. The van der Waals surface area contributed by atoms with Crippen molar-refractivity contribution in [3.8, 4) is 11.4 Å². The van der Waals surface area contributed by atoms with Crippen LogP contribution in [0.25, 0.3) is 38.9 Å². The van der Waals surface area contributed by atoms with Crippen LogP contribution in [0, 0.1) is 0 Å². The van der Waals surface area contributed by atoms with Crippen LogP contribution in [0.4, 0.5) is 5.69 Å². The third-order valence-electron chi connectivity index (χ3n) is 6.30. The van der Waals surface area contributed by atoms with Gasteiger partial charge in [-0.3, -0.25) is 10.1 Å². The summed E-state index contributed by atoms with van der Waals surface area (Å²) in [5.74, 6) is 0. The van der Waals surface area contributed by atoms with Crippen LogP contribution < -0.4 is 10.2 Å². The Morgan fingerprint density at radius 1 is 1.00 bits per heavy atom. The molecule has 1 fully saturated rings. The van der Waals surface area contributed by atoms with Crippen molar-refractivity contribution in [1.29, 1.82) is 0 Å². The molecule has 6 heterocycles. The average Bonchev–Trinajstić information content (AvgIpc) is 3.43. The van der Waals surface area contributed by atoms with Crippen LogP contribution in [0.3, 0.4) is 0 Å². The van der Waals surface area contributed by atoms with E-state index >= 15 is 0 Å². The SMILES string of the molecule is C1=C(c2cc3c(-c4cc5c(N6CCCCC6)ccnc5[nH]4)n[nH]c3cn2)CCNC1. The standard InChI is InChI=1S/C23H25N7/c1-2-10-30(11-3-1)21-6-9-25-23-17(21)13-19(27-23)22-16-12-18(15-4-7-24-8-5-15)26-14-20(16)28-29-22/h4,6,9,12-14,24H,1-3,5,7-8,10-11H2,(H,25,27)(H,28,29). The molecule has 3 N–H and O–H groups in total. The quantitative estimate of drug-likeness (QED) is 0.487. The Kier molecular flexibility index (Phi) is 4.27. The maximum atomic E-state index is 4.66. The van der Waals surface area contributed by atoms with E-state index in [1.165, 1.54) is 35.9 Å². The number of hydrogen-bond acceptors (Lipinski definition) is 5. The second kappa shape index (κ2) is 7.25. The van der Waals surface area contributed by atoms with Crippen LogP contribution in [0.5, 0.6) is 0 Å². The van der Waals surface area contributed by atoms with Gasteiger partial charge in [-0.1, -0.05) is 6.08 Å². The first kappa shape index (κ1) is 17.7. The van der Waals surface area contributed by atoms with Gasteiger partial charge in [-0.25, -0.2) is 4.98 Å². The van der Waals surface area contributed by atoms with Crippen LogP contribution in [-0.4, -0.2) is 51.3 Å². The minimum Gasteiger partial charge on any atom is -0.371 e. The molecule has 152 valence electrons. The van der Waals surface area contributed by atoms with Gasteiger partial charge in [0.25, 0.3) is 0 Å². The number of aromatic nitrogens is 5. The monoisotopic (exact) mass is 399 g/mol. The summed E-state index contributed by atoms with van der Waals surface area (Å²) < 4.78 is 0. The highest BCUT2D eigenvalue weighted by Gasteiger charge is 2.18. The maximum Gasteiger partial charge on any atom is 0.139 e. The largest absolute Gasteiger partial charge is 0.371 e. The van der Waals surface area contributed by atoms with Crippen LogP contribution in [0.2, 0.25) is 0 Å². The molecule has 0 aromatic carbocycles. The fourth-order valence-corrected chi connectivity index (χ4v) is 4.70. The van der Waals surface area contributed by atoms with Gasteiger partial charge in [-0.15, -0.1) is 0 Å². The molecule has 4 aromatic heterocycles. The third-order valence-corrected chi connectivity index (χ3v) is 6.30. The summed E-state index contributed by atoms with van der Waals surface area (Å²) in [5, 5.41) is 13.4. The van der Waals surface area contributed by atoms with Crippen molar-refractivity contribution in [2.24, 2.45) is 0 Å². The molecular weight excluding hydrogens is 374 g/mol. The molecule has 2 aliphatic rings. The van der Waals surface area contributed by atoms with Crippen molar-refractivity contribution < 1.29 is 0 Å². The summed E-state index contributed by atoms with van der Waals surface area (Å²) in [7, 11) is 0. The molecule has 1 saturated heterocycles. The van der Waals surface area contributed by atoms with Gasteiger partial charge in [0.15, 0.2) is 0 Å². The van der Waals surface area contributed by atoms with Crippen LogP contribution in [-0.2, 0) is 0 Å². The van der Waals surface area contributed by atoms with Gasteiger partial charge >= 0.3 is 0 Å². The van der Waals surface area contributed by atoms with Gasteiger partial charge < -0.3 is 15.2 Å². The van der Waals surface area contributed by atoms with Crippen molar-refractivity contribution >= 4 is 33.2 Å². The minimum atomic E-state index is 0.903. The highest BCUT2D eigenvalue weighted by Crippen LogP contribution is 2.34. The molecular formula is C23H25N7. The molecule has 0 unspecified atom stereocenters. The van der Waals surface area contributed by atoms with Crippen LogP contribution >= 0.6 is 0 Å². The normalized spacial score (nSPS) is 17.6. The lowest BCUT2D eigenvalue weighted by molar-refractivity contribution is 0.579. The summed E-state index contributed by atoms with van der Waals surface area (Å²) in [4.78, 5) is 15.2. The number of fused-ring (bicyclic) bond motifs is 2. The first-order valence-electron chi connectivity index (χ1n) is 10.8. The number of anilines is 1. The van der Waals surface area contributed by atoms with E-state index in [-0.39, 0.29) is 0 Å². The molecule has 0 amide bonds. The van der Waals surface area contributed by atoms with E-state index in [0.717, 1.165) is 66.2 Å². The number of pyridine rings is 2. The van der Waals surface area contributed by atoms with E-state index in [0.29, 0.717) is 0 Å². The number of hydrogen-bond donors (Lipinski definition) is 3. The minimum absolute atomic E-state index is 0.903. The van der Waals surface area contributed by atoms with Crippen molar-refractivity contribution in [3.63, 3.8) is 0 Å². The lowest BCUT2D eigenvalue weighted by Gasteiger charge is -2.29. The van der Waals surface area contributed by atoms with Gasteiger partial charge in [0.2, 0.25) is 0 Å². The van der Waals surface area contributed by atoms with E-state index in [1.807, 2.05) is 12.4 Å². The molecule has 4 aromatic rings. The first-order chi connectivity index (χ1) is 14.9. The molecule has 0 saturated carbocycles. The van der Waals surface area contributed by atoms with E-state index in [1.54, 1.807) is 0 Å². The Morgan fingerprint density at radius 3 is 2.80 bits per heavy atom. The summed E-state index contributed by atoms with van der Waals surface area (Å²) >= 11 is 0. The number of rotatable bonds is 3. The van der Waals surface area contributed by atoms with E-state index in [4.69, 9.17) is 0 Å². The zero-order valence-corrected chi connectivity index (χ0v) is 16.9. The number of nitrogens with one attached hydrogen (secondary N) is 3. The Balaban J connectivity index is 1.44. The zero-order chi connectivity index (χ0) is 19.9. The number of nitrogens with zero attached hydrogens (tertiary/aromatic N) is 4. The van der Waals surface area contributed by atoms with E-state index < -0.39 is 0 Å². The van der Waals surface area contributed by atoms with Crippen molar-refractivity contribution in [2.45, 2.75) is 25.7 Å². The summed E-state index contributed by atoms with van der Waals surface area (Å²) in [6, 6.07) is 6.50. The maximum absolute atomic E-state index is 4.66. The predicted molar refractivity (Wildman–Crippen MR) is 121 cm³/mol. The number of piperidine rings is 1. The molecule has 6 rings (SSSR count). The second-order valence-corrected chi connectivity index (χ2v) is 8.19. The van der Waals surface area contributed by atoms with E-state index in [9.17, 15) is 0 Å². The fourth-order valence-electron chi connectivity index (χ4n) is 4.70. The highest BCUT2D eigenvalue weighted by molar-refractivity contribution is 5.99. The van der Waals surface area contributed by atoms with Crippen molar-refractivity contribution in [3.05, 3.63) is 42.4 Å². The molecule has 0 atom stereocenters. The van der Waals surface area contributed by atoms with Crippen molar-refractivity contribution in [2.75, 3.05) is 31.1 Å². The second-order valence-electron chi connectivity index (χ2n) is 8.19. The predicted octanol–water partition coefficient (Wildman–Crippen LogP) is 3.87. The van der Waals surface area contributed by atoms with Crippen LogP contribution in [0.15, 0.2) is 36.7 Å². The molecule has 7 heteroatoms. The summed E-state index contributed by atoms with van der Waals surface area (Å²) in [5.41, 5.74) is 7.38. The molecule has 30 heavy (non-hydrogen) atoms.